The van der Waals surface area contributed by atoms with Crippen LogP contribution in [0.3, 0.4) is 0 Å². The van der Waals surface area contributed by atoms with Gasteiger partial charge in [0.05, 0.1) is 24.2 Å². The molecule has 3 N–H and O–H groups in total. The van der Waals surface area contributed by atoms with Crippen LogP contribution in [0.15, 0.2) is 54.6 Å². The number of aliphatic hydroxyl groups is 1. The van der Waals surface area contributed by atoms with Gasteiger partial charge in [0, 0.05) is 18.7 Å². The maximum Gasteiger partial charge on any atom is 0.340 e. The zero-order chi connectivity index (χ0) is 39.7. The number of rotatable bonds is 8. The topological polar surface area (TPSA) is 105 Å². The van der Waals surface area contributed by atoms with Crippen molar-refractivity contribution in [2.75, 3.05) is 7.11 Å². The molecule has 0 aliphatic heterocycles. The third-order valence-corrected chi connectivity index (χ3v) is 17.0. The minimum absolute atomic E-state index is 0.0763. The lowest BCUT2D eigenvalue weighted by Gasteiger charge is -2.72. The summed E-state index contributed by atoms with van der Waals surface area (Å²) in [7, 11) is 1.20. The van der Waals surface area contributed by atoms with Gasteiger partial charge in [0.1, 0.15) is 5.82 Å². The van der Waals surface area contributed by atoms with Crippen LogP contribution in [0.25, 0.3) is 0 Å². The molecule has 7 rings (SSSR count). The molecule has 0 radical (unpaired) electrons. The Labute approximate surface area is 327 Å². The van der Waals surface area contributed by atoms with Gasteiger partial charge in [-0.05, 0) is 158 Å². The van der Waals surface area contributed by atoms with Crippen LogP contribution in [-0.2, 0) is 22.6 Å². The molecule has 0 aromatic heterocycles. The number of carbonyl (C=O) groups excluding carboxylic acids is 3. The highest BCUT2D eigenvalue weighted by Crippen LogP contribution is 2.77. The van der Waals surface area contributed by atoms with Crippen molar-refractivity contribution in [2.24, 2.45) is 56.7 Å². The van der Waals surface area contributed by atoms with E-state index in [0.717, 1.165) is 56.9 Å². The zero-order valence-corrected chi connectivity index (χ0v) is 34.2. The monoisotopic (exact) mass is 754 g/mol. The summed E-state index contributed by atoms with van der Waals surface area (Å²) in [5.41, 5.74) is 2.88. The van der Waals surface area contributed by atoms with Gasteiger partial charge in [-0.1, -0.05) is 65.0 Å². The smallest absolute Gasteiger partial charge is 0.340 e. The second-order valence-corrected chi connectivity index (χ2v) is 19.6. The van der Waals surface area contributed by atoms with E-state index in [2.05, 4.69) is 63.5 Å². The summed E-state index contributed by atoms with van der Waals surface area (Å²) in [6.07, 6.45) is 10.2. The predicted molar refractivity (Wildman–Crippen MR) is 212 cm³/mol. The number of allylic oxidation sites excluding steroid dienone is 1. The van der Waals surface area contributed by atoms with Crippen molar-refractivity contribution in [1.29, 1.82) is 0 Å². The Kier molecular flexibility index (Phi) is 10.2. The zero-order valence-electron chi connectivity index (χ0n) is 34.2. The fourth-order valence-corrected chi connectivity index (χ4v) is 13.9. The van der Waals surface area contributed by atoms with E-state index in [1.165, 1.54) is 43.7 Å². The Hall–Kier alpha value is -3.52. The van der Waals surface area contributed by atoms with E-state index < -0.39 is 17.2 Å². The summed E-state index contributed by atoms with van der Waals surface area (Å²) < 4.78 is 18.8. The third-order valence-electron chi connectivity index (χ3n) is 17.0. The van der Waals surface area contributed by atoms with Crippen LogP contribution in [0, 0.1) is 62.5 Å². The maximum absolute atomic E-state index is 14.7. The standard InChI is InChI=1S/C47H63FN2O5/c1-28(2)32-16-21-47(42(54)50-27-29-10-9-11-31(24-29)40(52)49-26-30-12-14-35(48)33(25-30)41(53)55-8)23-22-45(6)34(39(32)47)13-15-37-44(5)19-18-38(51)43(3,4)36(44)17-20-46(37,45)7/h9-12,14,24-25,32,34,36-39,51H,1,13,15-23,26-27H2,2-8H3,(H,49,52)(H,50,54)/t32-,34?,36?,37?,38-,39?,44-,45+,46+,47-/m0/s1. The van der Waals surface area contributed by atoms with E-state index in [4.69, 9.17) is 0 Å². The van der Waals surface area contributed by atoms with Gasteiger partial charge in [0.15, 0.2) is 0 Å². The van der Waals surface area contributed by atoms with Crippen molar-refractivity contribution >= 4 is 17.8 Å². The van der Waals surface area contributed by atoms with Crippen LogP contribution in [0.4, 0.5) is 4.39 Å². The molecule has 5 saturated carbocycles. The molecule has 0 spiro atoms. The Bertz CT molecular complexity index is 1870. The summed E-state index contributed by atoms with van der Waals surface area (Å²) in [6, 6.07) is 11.4. The first-order chi connectivity index (χ1) is 25.9. The first-order valence-corrected chi connectivity index (χ1v) is 20.8. The summed E-state index contributed by atoms with van der Waals surface area (Å²) in [5.74, 6) is 0.525. The molecule has 5 fully saturated rings. The number of carbonyl (C=O) groups is 3. The van der Waals surface area contributed by atoms with Gasteiger partial charge < -0.3 is 20.5 Å². The van der Waals surface area contributed by atoms with Gasteiger partial charge in [0.2, 0.25) is 5.91 Å². The van der Waals surface area contributed by atoms with E-state index in [-0.39, 0.29) is 57.6 Å². The largest absolute Gasteiger partial charge is 0.465 e. The van der Waals surface area contributed by atoms with E-state index in [0.29, 0.717) is 41.3 Å². The van der Waals surface area contributed by atoms with E-state index in [9.17, 15) is 23.9 Å². The Balaban J connectivity index is 1.07. The average Bonchev–Trinajstić information content (AvgIpc) is 3.56. The second kappa shape index (κ2) is 14.1. The molecule has 298 valence electrons. The average molecular weight is 755 g/mol. The summed E-state index contributed by atoms with van der Waals surface area (Å²) in [4.78, 5) is 39.8. The lowest BCUT2D eigenvalue weighted by molar-refractivity contribution is -0.246. The molecule has 2 aromatic carbocycles. The second-order valence-electron chi connectivity index (χ2n) is 19.6. The highest BCUT2D eigenvalue weighted by molar-refractivity contribution is 5.94. The molecule has 4 unspecified atom stereocenters. The molecule has 8 heteroatoms. The fraction of sp³-hybridized carbons (Fsp3) is 0.638. The lowest BCUT2D eigenvalue weighted by Crippen LogP contribution is -2.67. The number of esters is 1. The number of fused-ring (bicyclic) bond motifs is 7. The van der Waals surface area contributed by atoms with Crippen molar-refractivity contribution in [2.45, 2.75) is 125 Å². The van der Waals surface area contributed by atoms with Gasteiger partial charge in [-0.3, -0.25) is 9.59 Å². The van der Waals surface area contributed by atoms with Crippen molar-refractivity contribution in [3.63, 3.8) is 0 Å². The first-order valence-electron chi connectivity index (χ1n) is 20.8. The number of halogens is 1. The SMILES string of the molecule is C=C(C)[C@@H]1CC[C@]2(C(=O)NCc3cccc(C(=O)NCc4ccc(F)c(C(=O)OC)c4)c3)CC[C@]3(C)C(CCC4[C@@]5(C)CC[C@H](O)C(C)(C)C5CC[C@]43C)C12. The molecule has 5 aliphatic carbocycles. The number of benzene rings is 2. The fourth-order valence-electron chi connectivity index (χ4n) is 13.9. The molecule has 5 aliphatic rings. The molecular weight excluding hydrogens is 692 g/mol. The van der Waals surface area contributed by atoms with Gasteiger partial charge in [-0.15, -0.1) is 0 Å². The van der Waals surface area contributed by atoms with Crippen LogP contribution >= 0.6 is 0 Å². The van der Waals surface area contributed by atoms with E-state index in [1.54, 1.807) is 6.07 Å². The van der Waals surface area contributed by atoms with Gasteiger partial charge in [0.25, 0.3) is 5.91 Å². The van der Waals surface area contributed by atoms with Crippen molar-refractivity contribution in [3.05, 3.63) is 82.7 Å². The molecule has 0 saturated heterocycles. The van der Waals surface area contributed by atoms with Crippen LogP contribution in [0.5, 0.6) is 0 Å². The number of ether oxygens (including phenoxy) is 1. The molecule has 2 aromatic rings. The molecule has 7 nitrogen and oxygen atoms in total. The molecule has 0 bridgehead atoms. The maximum atomic E-state index is 14.7. The summed E-state index contributed by atoms with van der Waals surface area (Å²) in [5, 5.41) is 17.4. The highest BCUT2D eigenvalue weighted by atomic mass is 19.1. The minimum Gasteiger partial charge on any atom is -0.465 e. The van der Waals surface area contributed by atoms with Gasteiger partial charge >= 0.3 is 5.97 Å². The number of aliphatic hydroxyl groups excluding tert-OH is 1. The quantitative estimate of drug-likeness (QED) is 0.184. The molecule has 2 amide bonds. The number of nitrogens with one attached hydrogen (secondary N) is 2. The highest BCUT2D eigenvalue weighted by Gasteiger charge is 2.71. The molecule has 0 heterocycles. The Morgan fingerprint density at radius 3 is 2.29 bits per heavy atom. The van der Waals surface area contributed by atoms with E-state index >= 15 is 0 Å². The van der Waals surface area contributed by atoms with Gasteiger partial charge in [-0.2, -0.15) is 0 Å². The summed E-state index contributed by atoms with van der Waals surface area (Å²) in [6.45, 7) is 19.5. The lowest BCUT2D eigenvalue weighted by atomic mass is 9.32. The van der Waals surface area contributed by atoms with Crippen LogP contribution in [-0.4, -0.2) is 36.1 Å². The number of hydrogen-bond acceptors (Lipinski definition) is 5. The van der Waals surface area contributed by atoms with Crippen LogP contribution in [0.1, 0.15) is 138 Å². The minimum atomic E-state index is -0.773. The normalized spacial score (nSPS) is 37.3. The van der Waals surface area contributed by atoms with E-state index in [1.807, 2.05) is 18.2 Å². The number of amides is 2. The van der Waals surface area contributed by atoms with Crippen molar-refractivity contribution in [1.82, 2.24) is 10.6 Å². The molecular formula is C47H63FN2O5. The number of methoxy groups -OCH3 is 1. The molecule has 55 heavy (non-hydrogen) atoms. The van der Waals surface area contributed by atoms with Crippen LogP contribution in [0.2, 0.25) is 0 Å². The Morgan fingerprint density at radius 1 is 0.836 bits per heavy atom. The van der Waals surface area contributed by atoms with Crippen LogP contribution < -0.4 is 10.6 Å². The summed E-state index contributed by atoms with van der Waals surface area (Å²) >= 11 is 0. The molecule has 10 atom stereocenters. The van der Waals surface area contributed by atoms with Crippen molar-refractivity contribution in [3.8, 4) is 0 Å². The number of hydrogen-bond donors (Lipinski definition) is 3. The van der Waals surface area contributed by atoms with Gasteiger partial charge in [-0.25, -0.2) is 9.18 Å². The Morgan fingerprint density at radius 2 is 1.56 bits per heavy atom. The third kappa shape index (κ3) is 6.19. The van der Waals surface area contributed by atoms with Crippen molar-refractivity contribution < 1.29 is 28.6 Å². The first kappa shape index (κ1) is 39.7. The predicted octanol–water partition coefficient (Wildman–Crippen LogP) is 9.18.